The van der Waals surface area contributed by atoms with E-state index in [0.29, 0.717) is 28.7 Å². The summed E-state index contributed by atoms with van der Waals surface area (Å²) in [5, 5.41) is 10.4. The number of nitrogens with one attached hydrogen (secondary N) is 1. The van der Waals surface area contributed by atoms with Crippen molar-refractivity contribution in [1.82, 2.24) is 10.2 Å². The number of fused-ring (bicyclic) bond motifs is 1. The number of methoxy groups -OCH3 is 3. The van der Waals surface area contributed by atoms with Gasteiger partial charge >= 0.3 is 6.01 Å². The van der Waals surface area contributed by atoms with Gasteiger partial charge in [-0.3, -0.25) is 10.1 Å². The van der Waals surface area contributed by atoms with E-state index < -0.39 is 12.0 Å². The van der Waals surface area contributed by atoms with Gasteiger partial charge in [-0.2, -0.15) is 0 Å². The Bertz CT molecular complexity index is 1040. The van der Waals surface area contributed by atoms with Crippen LogP contribution in [0.1, 0.15) is 22.4 Å². The van der Waals surface area contributed by atoms with Crippen molar-refractivity contribution in [2.45, 2.75) is 6.10 Å². The Balaban J connectivity index is 1.50. The second-order valence-corrected chi connectivity index (χ2v) is 6.18. The summed E-state index contributed by atoms with van der Waals surface area (Å²) < 4.78 is 32.8. The molecule has 0 saturated carbocycles. The average molecular weight is 413 g/mol. The maximum atomic E-state index is 12.7. The SMILES string of the molecule is COc1cc(C(=O)Nc2nnc(C3COc4ccccc4O3)o2)cc(OC)c1OC. The lowest BCUT2D eigenvalue weighted by Crippen LogP contribution is -2.21. The molecular formula is C20H19N3O7. The lowest BCUT2D eigenvalue weighted by atomic mass is 10.1. The van der Waals surface area contributed by atoms with Crippen molar-refractivity contribution in [3.8, 4) is 28.7 Å². The van der Waals surface area contributed by atoms with Crippen LogP contribution in [0.4, 0.5) is 6.01 Å². The summed E-state index contributed by atoms with van der Waals surface area (Å²) in [5.74, 6) is 1.99. The summed E-state index contributed by atoms with van der Waals surface area (Å²) in [5.41, 5.74) is 0.260. The molecule has 4 rings (SSSR count). The minimum absolute atomic E-state index is 0.0776. The van der Waals surface area contributed by atoms with Gasteiger partial charge < -0.3 is 28.1 Å². The van der Waals surface area contributed by atoms with Crippen LogP contribution in [-0.4, -0.2) is 44.0 Å². The fraction of sp³-hybridized carbons (Fsp3) is 0.250. The molecule has 0 saturated heterocycles. The lowest BCUT2D eigenvalue weighted by molar-refractivity contribution is 0.0716. The fourth-order valence-electron chi connectivity index (χ4n) is 2.94. The third-order valence-corrected chi connectivity index (χ3v) is 4.37. The highest BCUT2D eigenvalue weighted by molar-refractivity contribution is 6.04. The highest BCUT2D eigenvalue weighted by atomic mass is 16.6. The maximum Gasteiger partial charge on any atom is 0.322 e. The standard InChI is InChI=1S/C20H19N3O7/c1-25-14-8-11(9-15(26-2)17(14)27-3)18(24)21-20-23-22-19(30-20)16-10-28-12-6-4-5-7-13(12)29-16/h4-9,16H,10H2,1-3H3,(H,21,23,24). The molecule has 30 heavy (non-hydrogen) atoms. The molecule has 10 nitrogen and oxygen atoms in total. The van der Waals surface area contributed by atoms with Gasteiger partial charge in [0.2, 0.25) is 11.9 Å². The van der Waals surface area contributed by atoms with Crippen LogP contribution in [0.2, 0.25) is 0 Å². The van der Waals surface area contributed by atoms with E-state index in [1.54, 1.807) is 6.07 Å². The Morgan fingerprint density at radius 3 is 2.40 bits per heavy atom. The predicted molar refractivity (Wildman–Crippen MR) is 104 cm³/mol. The Labute approximate surface area is 171 Å². The molecule has 10 heteroatoms. The molecule has 0 fully saturated rings. The number of para-hydroxylation sites is 2. The van der Waals surface area contributed by atoms with Crippen molar-refractivity contribution in [2.75, 3.05) is 33.3 Å². The number of hydrogen-bond acceptors (Lipinski definition) is 9. The molecule has 1 aliphatic rings. The van der Waals surface area contributed by atoms with Crippen LogP contribution >= 0.6 is 0 Å². The molecule has 0 radical (unpaired) electrons. The van der Waals surface area contributed by atoms with E-state index in [4.69, 9.17) is 28.1 Å². The number of carbonyl (C=O) groups is 1. The molecule has 0 bridgehead atoms. The number of amides is 1. The highest BCUT2D eigenvalue weighted by Crippen LogP contribution is 2.38. The van der Waals surface area contributed by atoms with E-state index in [1.807, 2.05) is 18.2 Å². The minimum atomic E-state index is -0.584. The van der Waals surface area contributed by atoms with Crippen LogP contribution in [0.25, 0.3) is 0 Å². The first kappa shape index (κ1) is 19.4. The number of nitrogens with zero attached hydrogens (tertiary/aromatic N) is 2. The van der Waals surface area contributed by atoms with Crippen LogP contribution in [0.5, 0.6) is 28.7 Å². The number of hydrogen-bond donors (Lipinski definition) is 1. The molecule has 1 unspecified atom stereocenters. The van der Waals surface area contributed by atoms with Crippen LogP contribution < -0.4 is 29.0 Å². The van der Waals surface area contributed by atoms with E-state index in [1.165, 1.54) is 33.5 Å². The Hall–Kier alpha value is -3.95. The van der Waals surface area contributed by atoms with E-state index in [-0.39, 0.29) is 24.1 Å². The Morgan fingerprint density at radius 1 is 1.03 bits per heavy atom. The van der Waals surface area contributed by atoms with Crippen LogP contribution in [-0.2, 0) is 0 Å². The number of benzene rings is 2. The second kappa shape index (κ2) is 8.19. The molecule has 1 N–H and O–H groups in total. The Morgan fingerprint density at radius 2 is 1.73 bits per heavy atom. The third kappa shape index (κ3) is 3.66. The number of aromatic nitrogens is 2. The van der Waals surface area contributed by atoms with Gasteiger partial charge in [0, 0.05) is 5.56 Å². The molecule has 1 amide bonds. The minimum Gasteiger partial charge on any atom is -0.493 e. The highest BCUT2D eigenvalue weighted by Gasteiger charge is 2.28. The largest absolute Gasteiger partial charge is 0.493 e. The zero-order valence-electron chi connectivity index (χ0n) is 16.5. The lowest BCUT2D eigenvalue weighted by Gasteiger charge is -2.23. The van der Waals surface area contributed by atoms with Crippen LogP contribution in [0.3, 0.4) is 0 Å². The number of anilines is 1. The van der Waals surface area contributed by atoms with Crippen LogP contribution in [0.15, 0.2) is 40.8 Å². The van der Waals surface area contributed by atoms with Crippen molar-refractivity contribution in [2.24, 2.45) is 0 Å². The first-order chi connectivity index (χ1) is 14.6. The number of rotatable bonds is 6. The normalized spacial score (nSPS) is 14.7. The van der Waals surface area contributed by atoms with Crippen molar-refractivity contribution in [1.29, 1.82) is 0 Å². The quantitative estimate of drug-likeness (QED) is 0.651. The monoisotopic (exact) mass is 413 g/mol. The molecule has 1 aliphatic heterocycles. The van der Waals surface area contributed by atoms with Crippen molar-refractivity contribution in [3.05, 3.63) is 47.9 Å². The van der Waals surface area contributed by atoms with Crippen molar-refractivity contribution >= 4 is 11.9 Å². The first-order valence-corrected chi connectivity index (χ1v) is 8.96. The summed E-state index contributed by atoms with van der Waals surface area (Å²) in [6.45, 7) is 0.208. The van der Waals surface area contributed by atoms with E-state index >= 15 is 0 Å². The maximum absolute atomic E-state index is 12.7. The molecule has 0 spiro atoms. The van der Waals surface area contributed by atoms with Crippen LogP contribution in [0, 0.1) is 0 Å². The number of carbonyl (C=O) groups excluding carboxylic acids is 1. The zero-order chi connectivity index (χ0) is 21.1. The summed E-state index contributed by atoms with van der Waals surface area (Å²) in [6, 6.07) is 10.2. The van der Waals surface area contributed by atoms with Gasteiger partial charge in [-0.05, 0) is 24.3 Å². The number of ether oxygens (including phenoxy) is 5. The van der Waals surface area contributed by atoms with Gasteiger partial charge in [-0.1, -0.05) is 17.2 Å². The summed E-state index contributed by atoms with van der Waals surface area (Å²) in [7, 11) is 4.41. The predicted octanol–water partition coefficient (Wildman–Crippen LogP) is 2.86. The smallest absolute Gasteiger partial charge is 0.322 e. The molecule has 0 aliphatic carbocycles. The van der Waals surface area contributed by atoms with Gasteiger partial charge in [-0.15, -0.1) is 5.10 Å². The van der Waals surface area contributed by atoms with Gasteiger partial charge in [0.05, 0.1) is 21.3 Å². The van der Waals surface area contributed by atoms with Crippen molar-refractivity contribution in [3.63, 3.8) is 0 Å². The van der Waals surface area contributed by atoms with Gasteiger partial charge in [0.25, 0.3) is 11.8 Å². The van der Waals surface area contributed by atoms with Gasteiger partial charge in [0.1, 0.15) is 6.61 Å². The molecule has 1 atom stereocenters. The fourth-order valence-corrected chi connectivity index (χ4v) is 2.94. The molecule has 3 aromatic rings. The average Bonchev–Trinajstić information content (AvgIpc) is 3.26. The molecule has 1 aromatic heterocycles. The van der Waals surface area contributed by atoms with Gasteiger partial charge in [-0.25, -0.2) is 0 Å². The Kier molecular flexibility index (Phi) is 5.29. The van der Waals surface area contributed by atoms with Crippen molar-refractivity contribution < 1.29 is 32.9 Å². The topological polar surface area (TPSA) is 114 Å². The molecular weight excluding hydrogens is 394 g/mol. The summed E-state index contributed by atoms with van der Waals surface area (Å²) in [6.07, 6.45) is -0.584. The molecule has 156 valence electrons. The zero-order valence-corrected chi connectivity index (χ0v) is 16.5. The first-order valence-electron chi connectivity index (χ1n) is 8.96. The van der Waals surface area contributed by atoms with E-state index in [0.717, 1.165) is 0 Å². The van der Waals surface area contributed by atoms with E-state index in [2.05, 4.69) is 15.5 Å². The molecule has 2 aromatic carbocycles. The molecule has 2 heterocycles. The summed E-state index contributed by atoms with van der Waals surface area (Å²) >= 11 is 0. The van der Waals surface area contributed by atoms with Gasteiger partial charge in [0.15, 0.2) is 23.0 Å². The third-order valence-electron chi connectivity index (χ3n) is 4.37. The van der Waals surface area contributed by atoms with E-state index in [9.17, 15) is 4.79 Å². The second-order valence-electron chi connectivity index (χ2n) is 6.18. The summed E-state index contributed by atoms with van der Waals surface area (Å²) in [4.78, 5) is 12.7.